The largest absolute Gasteiger partial charge is 0.352 e. The van der Waals surface area contributed by atoms with Crippen LogP contribution < -0.4 is 9.62 Å². The molecule has 1 atom stereocenters. The van der Waals surface area contributed by atoms with Crippen LogP contribution in [0.15, 0.2) is 72.8 Å². The van der Waals surface area contributed by atoms with Gasteiger partial charge in [-0.25, -0.2) is 8.42 Å². The van der Waals surface area contributed by atoms with E-state index in [2.05, 4.69) is 5.32 Å². The van der Waals surface area contributed by atoms with Crippen LogP contribution >= 0.6 is 11.6 Å². The smallest absolute Gasteiger partial charge is 0.271 e. The van der Waals surface area contributed by atoms with Crippen molar-refractivity contribution in [1.29, 1.82) is 0 Å². The number of hydrogen-bond acceptors (Lipinski definition) is 6. The molecule has 12 heteroatoms. The summed E-state index contributed by atoms with van der Waals surface area (Å²) in [6.45, 7) is 0.936. The Kier molecular flexibility index (Phi) is 11.0. The second-order valence-electron chi connectivity index (χ2n) is 11.2. The van der Waals surface area contributed by atoms with Crippen molar-refractivity contribution < 1.29 is 22.9 Å². The number of carbonyl (C=O) groups is 2. The molecule has 1 aliphatic carbocycles. The van der Waals surface area contributed by atoms with E-state index in [-0.39, 0.29) is 36.3 Å². The molecule has 1 fully saturated rings. The predicted octanol–water partition coefficient (Wildman–Crippen LogP) is 5.41. The molecule has 1 saturated carbocycles. The molecule has 44 heavy (non-hydrogen) atoms. The van der Waals surface area contributed by atoms with Gasteiger partial charge in [0.25, 0.3) is 5.69 Å². The Labute approximate surface area is 263 Å². The summed E-state index contributed by atoms with van der Waals surface area (Å²) in [4.78, 5) is 40.6. The lowest BCUT2D eigenvalue weighted by Crippen LogP contribution is -2.55. The molecule has 0 saturated heterocycles. The van der Waals surface area contributed by atoms with Gasteiger partial charge in [-0.2, -0.15) is 0 Å². The zero-order valence-electron chi connectivity index (χ0n) is 24.8. The molecule has 10 nitrogen and oxygen atoms in total. The lowest BCUT2D eigenvalue weighted by molar-refractivity contribution is -0.384. The van der Waals surface area contributed by atoms with Gasteiger partial charge in [-0.3, -0.25) is 24.0 Å². The highest BCUT2D eigenvalue weighted by molar-refractivity contribution is 7.92. The summed E-state index contributed by atoms with van der Waals surface area (Å²) in [5, 5.41) is 15.1. The van der Waals surface area contributed by atoms with Crippen LogP contribution in [0.2, 0.25) is 5.02 Å². The number of anilines is 1. The average Bonchev–Trinajstić information content (AvgIpc) is 2.98. The minimum Gasteiger partial charge on any atom is -0.352 e. The third-order valence-corrected chi connectivity index (χ3v) is 9.18. The van der Waals surface area contributed by atoms with E-state index in [0.29, 0.717) is 16.1 Å². The second-order valence-corrected chi connectivity index (χ2v) is 13.5. The number of nitro benzene ring substituents is 1. The standard InChI is InChI=1S/C32H37ClN4O6S/c1-23-16-17-28(37(40)41)20-29(23)36(44(2,42)43)22-31(38)35(21-25-12-9-13-26(33)18-25)30(19-24-10-5-3-6-11-24)32(39)34-27-14-7-4-8-15-27/h3,5-6,9-13,16-18,20,27,30H,4,7-8,14-15,19,21-22H2,1-2H3,(H,34,39). The normalized spacial score (nSPS) is 14.4. The van der Waals surface area contributed by atoms with Crippen molar-refractivity contribution in [3.8, 4) is 0 Å². The number of nitro groups is 1. The molecular formula is C32H37ClN4O6S. The molecule has 1 N–H and O–H groups in total. The number of sulfonamides is 1. The average molecular weight is 641 g/mol. The molecule has 0 aliphatic heterocycles. The van der Waals surface area contributed by atoms with Crippen molar-refractivity contribution in [3.63, 3.8) is 0 Å². The van der Waals surface area contributed by atoms with Gasteiger partial charge < -0.3 is 10.2 Å². The molecule has 0 radical (unpaired) electrons. The summed E-state index contributed by atoms with van der Waals surface area (Å²) in [5.74, 6) is -0.963. The van der Waals surface area contributed by atoms with Crippen molar-refractivity contribution >= 4 is 44.8 Å². The highest BCUT2D eigenvalue weighted by Crippen LogP contribution is 2.28. The third kappa shape index (κ3) is 8.79. The molecule has 234 valence electrons. The molecule has 0 bridgehead atoms. The first-order valence-corrected chi connectivity index (χ1v) is 16.8. The third-order valence-electron chi connectivity index (χ3n) is 7.82. The first-order valence-electron chi connectivity index (χ1n) is 14.5. The molecule has 1 aliphatic rings. The maximum Gasteiger partial charge on any atom is 0.271 e. The number of benzene rings is 3. The maximum absolute atomic E-state index is 14.3. The molecule has 0 spiro atoms. The van der Waals surface area contributed by atoms with Crippen LogP contribution in [0.1, 0.15) is 48.8 Å². The SMILES string of the molecule is Cc1ccc([N+](=O)[O-])cc1N(CC(=O)N(Cc1cccc(Cl)c1)C(Cc1ccccc1)C(=O)NC1CCCCC1)S(C)(=O)=O. The first-order chi connectivity index (χ1) is 20.9. The Morgan fingerprint density at radius 1 is 1.00 bits per heavy atom. The molecule has 1 unspecified atom stereocenters. The lowest BCUT2D eigenvalue weighted by atomic mass is 9.94. The Balaban J connectivity index is 1.76. The topological polar surface area (TPSA) is 130 Å². The van der Waals surface area contributed by atoms with Gasteiger partial charge in [-0.05, 0) is 48.6 Å². The number of nitrogens with zero attached hydrogens (tertiary/aromatic N) is 3. The van der Waals surface area contributed by atoms with Crippen molar-refractivity contribution in [2.45, 2.75) is 64.1 Å². The van der Waals surface area contributed by atoms with Crippen LogP contribution in [0.5, 0.6) is 0 Å². The summed E-state index contributed by atoms with van der Waals surface area (Å²) < 4.78 is 27.0. The van der Waals surface area contributed by atoms with Crippen LogP contribution in [0.25, 0.3) is 0 Å². The first kappa shape index (κ1) is 32.9. The van der Waals surface area contributed by atoms with Crippen molar-refractivity contribution in [1.82, 2.24) is 10.2 Å². The molecule has 2 amide bonds. The number of non-ortho nitro benzene ring substituents is 1. The van der Waals surface area contributed by atoms with Gasteiger partial charge in [0.15, 0.2) is 0 Å². The fraction of sp³-hybridized carbons (Fsp3) is 0.375. The number of carbonyl (C=O) groups excluding carboxylic acids is 2. The van der Waals surface area contributed by atoms with Gasteiger partial charge in [0.1, 0.15) is 12.6 Å². The van der Waals surface area contributed by atoms with Crippen LogP contribution in [0.4, 0.5) is 11.4 Å². The van der Waals surface area contributed by atoms with Gasteiger partial charge in [-0.1, -0.05) is 79.4 Å². The molecule has 3 aromatic rings. The van der Waals surface area contributed by atoms with E-state index in [4.69, 9.17) is 11.6 Å². The molecule has 0 heterocycles. The van der Waals surface area contributed by atoms with Gasteiger partial charge in [0, 0.05) is 36.2 Å². The van der Waals surface area contributed by atoms with Crippen LogP contribution in [-0.4, -0.2) is 54.9 Å². The number of nitrogens with one attached hydrogen (secondary N) is 1. The van der Waals surface area contributed by atoms with Crippen LogP contribution in [-0.2, 0) is 32.6 Å². The van der Waals surface area contributed by atoms with E-state index in [1.165, 1.54) is 17.0 Å². The van der Waals surface area contributed by atoms with E-state index in [1.807, 2.05) is 30.3 Å². The predicted molar refractivity (Wildman–Crippen MR) is 171 cm³/mol. The molecule has 3 aromatic carbocycles. The van der Waals surface area contributed by atoms with Gasteiger partial charge in [0.05, 0.1) is 16.9 Å². The maximum atomic E-state index is 14.3. The summed E-state index contributed by atoms with van der Waals surface area (Å²) in [6, 6.07) is 19.1. The Hall–Kier alpha value is -3.96. The van der Waals surface area contributed by atoms with E-state index >= 15 is 0 Å². The Morgan fingerprint density at radius 3 is 2.32 bits per heavy atom. The fourth-order valence-corrected chi connectivity index (χ4v) is 6.62. The number of aryl methyl sites for hydroxylation is 1. The molecular weight excluding hydrogens is 604 g/mol. The highest BCUT2D eigenvalue weighted by Gasteiger charge is 2.34. The van der Waals surface area contributed by atoms with E-state index in [0.717, 1.165) is 54.3 Å². The number of rotatable bonds is 12. The van der Waals surface area contributed by atoms with Gasteiger partial charge in [-0.15, -0.1) is 0 Å². The summed E-state index contributed by atoms with van der Waals surface area (Å²) >= 11 is 6.27. The quantitative estimate of drug-likeness (QED) is 0.208. The monoisotopic (exact) mass is 640 g/mol. The van der Waals surface area contributed by atoms with Gasteiger partial charge >= 0.3 is 0 Å². The summed E-state index contributed by atoms with van der Waals surface area (Å²) in [7, 11) is -4.08. The van der Waals surface area contributed by atoms with E-state index < -0.39 is 33.4 Å². The van der Waals surface area contributed by atoms with Crippen molar-refractivity contribution in [3.05, 3.63) is 105 Å². The zero-order valence-corrected chi connectivity index (χ0v) is 26.4. The minimum atomic E-state index is -4.08. The summed E-state index contributed by atoms with van der Waals surface area (Å²) in [6.07, 6.45) is 5.95. The number of amides is 2. The van der Waals surface area contributed by atoms with Crippen molar-refractivity contribution in [2.24, 2.45) is 0 Å². The zero-order chi connectivity index (χ0) is 31.9. The molecule has 4 rings (SSSR count). The van der Waals surface area contributed by atoms with Crippen LogP contribution in [0.3, 0.4) is 0 Å². The number of halogens is 1. The van der Waals surface area contributed by atoms with E-state index in [9.17, 15) is 28.1 Å². The van der Waals surface area contributed by atoms with Crippen molar-refractivity contribution in [2.75, 3.05) is 17.1 Å². The van der Waals surface area contributed by atoms with Crippen LogP contribution in [0, 0.1) is 17.0 Å². The second kappa shape index (κ2) is 14.7. The fourth-order valence-electron chi connectivity index (χ4n) is 5.51. The lowest BCUT2D eigenvalue weighted by Gasteiger charge is -2.35. The summed E-state index contributed by atoms with van der Waals surface area (Å²) in [5.41, 5.74) is 1.63. The highest BCUT2D eigenvalue weighted by atomic mass is 35.5. The Bertz CT molecular complexity index is 1600. The van der Waals surface area contributed by atoms with E-state index in [1.54, 1.807) is 31.2 Å². The minimum absolute atomic E-state index is 0.0134. The Morgan fingerprint density at radius 2 is 1.68 bits per heavy atom. The molecule has 0 aromatic heterocycles. The number of hydrogen-bond donors (Lipinski definition) is 1. The van der Waals surface area contributed by atoms with Gasteiger partial charge in [0.2, 0.25) is 21.8 Å².